The van der Waals surface area contributed by atoms with E-state index in [0.29, 0.717) is 19.5 Å². The average molecular weight is 442 g/mol. The Kier molecular flexibility index (Phi) is 6.11. The van der Waals surface area contributed by atoms with Gasteiger partial charge in [-0.2, -0.15) is 0 Å². The van der Waals surface area contributed by atoms with Gasteiger partial charge in [0.15, 0.2) is 0 Å². The number of carbonyl (C=O) groups excluding carboxylic acids is 2. The van der Waals surface area contributed by atoms with Crippen molar-refractivity contribution in [2.45, 2.75) is 50.6 Å². The van der Waals surface area contributed by atoms with Gasteiger partial charge in [0.1, 0.15) is 0 Å². The standard InChI is InChI=1S/C23H27N3O4S/c1-17(27)26-13-4-8-18-14-21(10-11-22(18)26)31(29,30)24-15-19-6-2-3-7-20(19)16-25-12-5-9-23(25)28/h2-3,6-7,10-11,14,24H,4-5,8-9,12-13,15-16H2,1H3. The topological polar surface area (TPSA) is 86.8 Å². The monoisotopic (exact) mass is 441 g/mol. The molecule has 2 amide bonds. The molecule has 7 nitrogen and oxygen atoms in total. The maximum atomic E-state index is 13.0. The van der Waals surface area contributed by atoms with Crippen LogP contribution in [0.15, 0.2) is 47.4 Å². The number of carbonyl (C=O) groups is 2. The van der Waals surface area contributed by atoms with Gasteiger partial charge in [-0.1, -0.05) is 24.3 Å². The lowest BCUT2D eigenvalue weighted by Gasteiger charge is -2.28. The van der Waals surface area contributed by atoms with Crippen LogP contribution >= 0.6 is 0 Å². The number of nitrogens with zero attached hydrogens (tertiary/aromatic N) is 2. The normalized spacial score (nSPS) is 16.5. The van der Waals surface area contributed by atoms with Crippen molar-refractivity contribution < 1.29 is 18.0 Å². The highest BCUT2D eigenvalue weighted by molar-refractivity contribution is 7.89. The fourth-order valence-electron chi connectivity index (χ4n) is 4.28. The molecule has 2 heterocycles. The Bertz CT molecular complexity index is 1110. The number of hydrogen-bond acceptors (Lipinski definition) is 4. The van der Waals surface area contributed by atoms with Gasteiger partial charge < -0.3 is 9.80 Å². The van der Waals surface area contributed by atoms with Crippen molar-refractivity contribution in [1.82, 2.24) is 9.62 Å². The Balaban J connectivity index is 1.50. The maximum Gasteiger partial charge on any atom is 0.240 e. The predicted octanol–water partition coefficient (Wildman–Crippen LogP) is 2.59. The summed E-state index contributed by atoms with van der Waals surface area (Å²) in [7, 11) is -3.72. The third-order valence-electron chi connectivity index (χ3n) is 5.96. The highest BCUT2D eigenvalue weighted by Crippen LogP contribution is 2.29. The Morgan fingerprint density at radius 1 is 1.03 bits per heavy atom. The zero-order valence-electron chi connectivity index (χ0n) is 17.6. The summed E-state index contributed by atoms with van der Waals surface area (Å²) in [6, 6.07) is 12.5. The summed E-state index contributed by atoms with van der Waals surface area (Å²) >= 11 is 0. The molecule has 0 radical (unpaired) electrons. The van der Waals surface area contributed by atoms with E-state index in [1.54, 1.807) is 23.1 Å². The van der Waals surface area contributed by atoms with E-state index in [2.05, 4.69) is 4.72 Å². The van der Waals surface area contributed by atoms with Crippen LogP contribution in [0.2, 0.25) is 0 Å². The lowest BCUT2D eigenvalue weighted by Crippen LogP contribution is -2.33. The summed E-state index contributed by atoms with van der Waals surface area (Å²) in [6.07, 6.45) is 3.00. The molecule has 31 heavy (non-hydrogen) atoms. The second-order valence-corrected chi connectivity index (χ2v) is 9.84. The van der Waals surface area contributed by atoms with Crippen LogP contribution in [0.25, 0.3) is 0 Å². The van der Waals surface area contributed by atoms with E-state index in [4.69, 9.17) is 0 Å². The van der Waals surface area contributed by atoms with E-state index in [-0.39, 0.29) is 23.3 Å². The molecule has 164 valence electrons. The molecule has 0 atom stereocenters. The fourth-order valence-corrected chi connectivity index (χ4v) is 5.34. The van der Waals surface area contributed by atoms with Crippen molar-refractivity contribution in [2.24, 2.45) is 0 Å². The SMILES string of the molecule is CC(=O)N1CCCc2cc(S(=O)(=O)NCc3ccccc3CN3CCCC3=O)ccc21. The molecule has 1 fully saturated rings. The van der Waals surface area contributed by atoms with Crippen molar-refractivity contribution in [3.8, 4) is 0 Å². The van der Waals surface area contributed by atoms with Crippen molar-refractivity contribution in [3.05, 3.63) is 59.2 Å². The van der Waals surface area contributed by atoms with Gasteiger partial charge in [-0.3, -0.25) is 9.59 Å². The molecule has 2 aliphatic rings. The minimum Gasteiger partial charge on any atom is -0.338 e. The minimum absolute atomic E-state index is 0.0391. The molecule has 0 aromatic heterocycles. The summed E-state index contributed by atoms with van der Waals surface area (Å²) in [5.41, 5.74) is 3.46. The molecule has 1 N–H and O–H groups in total. The van der Waals surface area contributed by atoms with Gasteiger partial charge in [-0.25, -0.2) is 13.1 Å². The lowest BCUT2D eigenvalue weighted by molar-refractivity contribution is -0.128. The molecule has 1 saturated heterocycles. The van der Waals surface area contributed by atoms with Crippen LogP contribution in [0, 0.1) is 0 Å². The van der Waals surface area contributed by atoms with Gasteiger partial charge in [0.05, 0.1) is 4.90 Å². The molecular weight excluding hydrogens is 414 g/mol. The maximum absolute atomic E-state index is 13.0. The predicted molar refractivity (Wildman–Crippen MR) is 118 cm³/mol. The van der Waals surface area contributed by atoms with Crippen molar-refractivity contribution in [3.63, 3.8) is 0 Å². The summed E-state index contributed by atoms with van der Waals surface area (Å²) in [5, 5.41) is 0. The van der Waals surface area contributed by atoms with E-state index in [9.17, 15) is 18.0 Å². The van der Waals surface area contributed by atoms with Crippen LogP contribution < -0.4 is 9.62 Å². The first kappa shape index (κ1) is 21.5. The number of nitrogens with one attached hydrogen (secondary N) is 1. The smallest absolute Gasteiger partial charge is 0.240 e. The van der Waals surface area contributed by atoms with Crippen LogP contribution in [-0.4, -0.2) is 38.2 Å². The second kappa shape index (κ2) is 8.80. The zero-order chi connectivity index (χ0) is 22.0. The molecule has 2 aromatic rings. The second-order valence-electron chi connectivity index (χ2n) is 8.08. The largest absolute Gasteiger partial charge is 0.338 e. The summed E-state index contributed by atoms with van der Waals surface area (Å²) in [6.45, 7) is 3.57. The molecule has 0 aliphatic carbocycles. The number of fused-ring (bicyclic) bond motifs is 1. The number of benzene rings is 2. The third-order valence-corrected chi connectivity index (χ3v) is 7.36. The quantitative estimate of drug-likeness (QED) is 0.747. The van der Waals surface area contributed by atoms with Crippen molar-refractivity contribution >= 4 is 27.5 Å². The first-order valence-corrected chi connectivity index (χ1v) is 12.1. The number of likely N-dealkylation sites (tertiary alicyclic amines) is 1. The Hall–Kier alpha value is -2.71. The van der Waals surface area contributed by atoms with E-state index in [1.165, 1.54) is 6.92 Å². The van der Waals surface area contributed by atoms with Crippen LogP contribution in [0.1, 0.15) is 42.9 Å². The molecule has 0 spiro atoms. The van der Waals surface area contributed by atoms with Crippen LogP contribution in [0.4, 0.5) is 5.69 Å². The zero-order valence-corrected chi connectivity index (χ0v) is 18.5. The van der Waals surface area contributed by atoms with Crippen LogP contribution in [0.3, 0.4) is 0 Å². The Morgan fingerprint density at radius 3 is 2.48 bits per heavy atom. The van der Waals surface area contributed by atoms with Gasteiger partial charge >= 0.3 is 0 Å². The van der Waals surface area contributed by atoms with Crippen LogP contribution in [-0.2, 0) is 39.1 Å². The fraction of sp³-hybridized carbons (Fsp3) is 0.391. The lowest BCUT2D eigenvalue weighted by atomic mass is 10.0. The number of hydrogen-bond donors (Lipinski definition) is 1. The van der Waals surface area contributed by atoms with Gasteiger partial charge in [0.2, 0.25) is 21.8 Å². The van der Waals surface area contributed by atoms with Gasteiger partial charge in [-0.05, 0) is 54.2 Å². The molecule has 2 aromatic carbocycles. The number of sulfonamides is 1. The Labute approximate surface area is 183 Å². The average Bonchev–Trinajstić information content (AvgIpc) is 3.16. The van der Waals surface area contributed by atoms with Gasteiger partial charge in [-0.15, -0.1) is 0 Å². The Morgan fingerprint density at radius 2 is 1.77 bits per heavy atom. The summed E-state index contributed by atoms with van der Waals surface area (Å²) in [5.74, 6) is 0.104. The van der Waals surface area contributed by atoms with E-state index in [0.717, 1.165) is 48.2 Å². The molecule has 4 rings (SSSR count). The van der Waals surface area contributed by atoms with E-state index < -0.39 is 10.0 Å². The van der Waals surface area contributed by atoms with E-state index >= 15 is 0 Å². The van der Waals surface area contributed by atoms with Crippen LogP contribution in [0.5, 0.6) is 0 Å². The van der Waals surface area contributed by atoms with E-state index in [1.807, 2.05) is 29.2 Å². The van der Waals surface area contributed by atoms with Crippen molar-refractivity contribution in [1.29, 1.82) is 0 Å². The molecule has 0 unspecified atom stereocenters. The highest BCUT2D eigenvalue weighted by Gasteiger charge is 2.24. The molecule has 0 saturated carbocycles. The molecular formula is C23H27N3O4S. The van der Waals surface area contributed by atoms with Gasteiger partial charge in [0.25, 0.3) is 0 Å². The number of aryl methyl sites for hydroxylation is 1. The number of amides is 2. The molecule has 0 bridgehead atoms. The number of rotatable bonds is 6. The summed E-state index contributed by atoms with van der Waals surface area (Å²) in [4.78, 5) is 27.5. The van der Waals surface area contributed by atoms with Crippen molar-refractivity contribution in [2.75, 3.05) is 18.0 Å². The highest BCUT2D eigenvalue weighted by atomic mass is 32.2. The minimum atomic E-state index is -3.72. The summed E-state index contributed by atoms with van der Waals surface area (Å²) < 4.78 is 28.6. The van der Waals surface area contributed by atoms with Gasteiger partial charge in [0, 0.05) is 45.2 Å². The molecule has 8 heteroatoms. The third kappa shape index (κ3) is 4.65. The molecule has 2 aliphatic heterocycles. The number of anilines is 1. The first-order chi connectivity index (χ1) is 14.8. The first-order valence-electron chi connectivity index (χ1n) is 10.6.